The van der Waals surface area contributed by atoms with Gasteiger partial charge in [0.25, 0.3) is 0 Å². The minimum atomic E-state index is 0.799. The Bertz CT molecular complexity index is 378. The van der Waals surface area contributed by atoms with Crippen LogP contribution in [0.25, 0.3) is 10.8 Å². The van der Waals surface area contributed by atoms with E-state index in [4.69, 9.17) is 11.6 Å². The summed E-state index contributed by atoms with van der Waals surface area (Å²) in [5.41, 5.74) is 1.22. The molecule has 0 spiro atoms. The molecule has 0 fully saturated rings. The molecule has 0 saturated carbocycles. The van der Waals surface area contributed by atoms with Gasteiger partial charge in [0.2, 0.25) is 0 Å². The lowest BCUT2D eigenvalue weighted by Gasteiger charge is -2.01. The topological polar surface area (TPSA) is 0 Å². The van der Waals surface area contributed by atoms with Gasteiger partial charge in [-0.1, -0.05) is 35.9 Å². The Morgan fingerprint density at radius 1 is 1.25 bits per heavy atom. The van der Waals surface area contributed by atoms with E-state index in [0.717, 1.165) is 15.8 Å². The van der Waals surface area contributed by atoms with Gasteiger partial charge in [0.05, 0.1) is 0 Å². The van der Waals surface area contributed by atoms with Crippen molar-refractivity contribution in [1.82, 2.24) is 0 Å². The van der Waals surface area contributed by atoms with Gasteiger partial charge in [0.15, 0.2) is 0 Å². The minimum Gasteiger partial charge on any atom is -0.0837 e. The van der Waals surface area contributed by atoms with Crippen LogP contribution in [-0.4, -0.2) is 0 Å². The molecule has 12 heavy (non-hydrogen) atoms. The van der Waals surface area contributed by atoms with Gasteiger partial charge in [-0.3, -0.25) is 0 Å². The molecular formula is C11H8Cl. The van der Waals surface area contributed by atoms with Crippen LogP contribution >= 0.6 is 11.6 Å². The molecule has 0 aliphatic rings. The fourth-order valence-electron chi connectivity index (χ4n) is 1.33. The van der Waals surface area contributed by atoms with Gasteiger partial charge >= 0.3 is 0 Å². The molecule has 59 valence electrons. The molecular weight excluding hydrogens is 168 g/mol. The Morgan fingerprint density at radius 3 is 2.83 bits per heavy atom. The molecule has 0 N–H and O–H groups in total. The van der Waals surface area contributed by atoms with Gasteiger partial charge in [-0.05, 0) is 30.0 Å². The second kappa shape index (κ2) is 2.80. The van der Waals surface area contributed by atoms with Crippen LogP contribution in [0, 0.1) is 13.0 Å². The van der Waals surface area contributed by atoms with E-state index in [1.165, 1.54) is 5.56 Å². The smallest absolute Gasteiger partial charge is 0.0484 e. The normalized spacial score (nSPS) is 10.5. The van der Waals surface area contributed by atoms with Crippen LogP contribution in [0.4, 0.5) is 0 Å². The Balaban J connectivity index is 2.95. The molecule has 1 heteroatoms. The monoisotopic (exact) mass is 175 g/mol. The van der Waals surface area contributed by atoms with Crippen LogP contribution in [0.1, 0.15) is 5.56 Å². The van der Waals surface area contributed by atoms with Crippen LogP contribution < -0.4 is 0 Å². The van der Waals surface area contributed by atoms with E-state index in [9.17, 15) is 0 Å². The maximum absolute atomic E-state index is 6.01. The molecule has 2 aromatic rings. The third kappa shape index (κ3) is 1.09. The lowest BCUT2D eigenvalue weighted by atomic mass is 10.1. The van der Waals surface area contributed by atoms with Gasteiger partial charge in [-0.15, -0.1) is 0 Å². The van der Waals surface area contributed by atoms with Gasteiger partial charge in [-0.25, -0.2) is 0 Å². The largest absolute Gasteiger partial charge is 0.0837 e. The highest BCUT2D eigenvalue weighted by molar-refractivity contribution is 6.35. The van der Waals surface area contributed by atoms with Crippen molar-refractivity contribution in [1.29, 1.82) is 0 Å². The third-order valence-corrected chi connectivity index (χ3v) is 2.32. The summed E-state index contributed by atoms with van der Waals surface area (Å²) < 4.78 is 0. The number of hydrogen-bond donors (Lipinski definition) is 0. The first-order valence-electron chi connectivity index (χ1n) is 3.84. The van der Waals surface area contributed by atoms with E-state index in [0.29, 0.717) is 0 Å². The third-order valence-electron chi connectivity index (χ3n) is 1.99. The predicted octanol–water partition coefficient (Wildman–Crippen LogP) is 3.60. The first kappa shape index (κ1) is 7.63. The molecule has 0 amide bonds. The molecule has 0 aliphatic heterocycles. The first-order valence-corrected chi connectivity index (χ1v) is 4.22. The maximum Gasteiger partial charge on any atom is 0.0484 e. The molecule has 1 radical (unpaired) electrons. The molecule has 0 nitrogen and oxygen atoms in total. The Morgan fingerprint density at radius 2 is 2.08 bits per heavy atom. The van der Waals surface area contributed by atoms with E-state index in [1.807, 2.05) is 30.3 Å². The predicted molar refractivity (Wildman–Crippen MR) is 52.5 cm³/mol. The number of fused-ring (bicyclic) bond motifs is 1. The molecule has 0 heterocycles. The molecule has 2 rings (SSSR count). The van der Waals surface area contributed by atoms with Gasteiger partial charge in [0.1, 0.15) is 0 Å². The van der Waals surface area contributed by atoms with E-state index in [1.54, 1.807) is 0 Å². The number of halogens is 1. The summed E-state index contributed by atoms with van der Waals surface area (Å²) in [6, 6.07) is 13.0. The zero-order valence-corrected chi connectivity index (χ0v) is 7.52. The van der Waals surface area contributed by atoms with Crippen molar-refractivity contribution in [2.45, 2.75) is 6.92 Å². The van der Waals surface area contributed by atoms with Crippen LogP contribution in [0.15, 0.2) is 30.3 Å². The van der Waals surface area contributed by atoms with Gasteiger partial charge in [0, 0.05) is 10.4 Å². The average Bonchev–Trinajstić information content (AvgIpc) is 2.12. The summed E-state index contributed by atoms with van der Waals surface area (Å²) in [5, 5.41) is 3.00. The Hall–Kier alpha value is -1.01. The number of aryl methyl sites for hydroxylation is 1. The standard InChI is InChI=1S/C11H8Cl/c1-8-6-7-11(12)10-5-3-2-4-9(8)10/h2-3,5-7H,1H3. The summed E-state index contributed by atoms with van der Waals surface area (Å²) in [4.78, 5) is 0. The van der Waals surface area contributed by atoms with E-state index >= 15 is 0 Å². The molecule has 0 saturated heterocycles. The molecule has 0 unspecified atom stereocenters. The van der Waals surface area contributed by atoms with Gasteiger partial charge < -0.3 is 0 Å². The highest BCUT2D eigenvalue weighted by Crippen LogP contribution is 2.25. The SMILES string of the molecule is Cc1ccc(Cl)c2ccc[c]c12. The van der Waals surface area contributed by atoms with Crippen molar-refractivity contribution >= 4 is 22.4 Å². The second-order valence-electron chi connectivity index (χ2n) is 2.82. The van der Waals surface area contributed by atoms with Crippen molar-refractivity contribution in [3.8, 4) is 0 Å². The van der Waals surface area contributed by atoms with E-state index < -0.39 is 0 Å². The minimum absolute atomic E-state index is 0.799. The lowest BCUT2D eigenvalue weighted by Crippen LogP contribution is -1.78. The lowest BCUT2D eigenvalue weighted by molar-refractivity contribution is 1.53. The highest BCUT2D eigenvalue weighted by atomic mass is 35.5. The van der Waals surface area contributed by atoms with E-state index in [-0.39, 0.29) is 0 Å². The van der Waals surface area contributed by atoms with Crippen molar-refractivity contribution in [3.63, 3.8) is 0 Å². The average molecular weight is 176 g/mol. The highest BCUT2D eigenvalue weighted by Gasteiger charge is 1.99. The summed E-state index contributed by atoms with van der Waals surface area (Å²) in [7, 11) is 0. The van der Waals surface area contributed by atoms with Crippen molar-refractivity contribution < 1.29 is 0 Å². The molecule has 2 aromatic carbocycles. The van der Waals surface area contributed by atoms with Crippen LogP contribution in [0.5, 0.6) is 0 Å². The molecule has 0 aromatic heterocycles. The van der Waals surface area contributed by atoms with Crippen molar-refractivity contribution in [3.05, 3.63) is 47.0 Å². The van der Waals surface area contributed by atoms with Crippen molar-refractivity contribution in [2.75, 3.05) is 0 Å². The molecule has 0 atom stereocenters. The summed E-state index contributed by atoms with van der Waals surface area (Å²) in [5.74, 6) is 0. The summed E-state index contributed by atoms with van der Waals surface area (Å²) in [6.07, 6.45) is 0. The van der Waals surface area contributed by atoms with Crippen LogP contribution in [0.3, 0.4) is 0 Å². The summed E-state index contributed by atoms with van der Waals surface area (Å²) >= 11 is 6.01. The quantitative estimate of drug-likeness (QED) is 0.574. The fraction of sp³-hybridized carbons (Fsp3) is 0.0909. The first-order chi connectivity index (χ1) is 5.79. The fourth-order valence-corrected chi connectivity index (χ4v) is 1.55. The zero-order valence-electron chi connectivity index (χ0n) is 6.76. The molecule has 0 aliphatic carbocycles. The van der Waals surface area contributed by atoms with Crippen molar-refractivity contribution in [2.24, 2.45) is 0 Å². The van der Waals surface area contributed by atoms with Crippen LogP contribution in [-0.2, 0) is 0 Å². The summed E-state index contributed by atoms with van der Waals surface area (Å²) in [6.45, 7) is 2.06. The molecule has 0 bridgehead atoms. The van der Waals surface area contributed by atoms with E-state index in [2.05, 4.69) is 13.0 Å². The Kier molecular flexibility index (Phi) is 1.78. The number of hydrogen-bond acceptors (Lipinski definition) is 0. The van der Waals surface area contributed by atoms with Gasteiger partial charge in [-0.2, -0.15) is 0 Å². The zero-order chi connectivity index (χ0) is 8.55. The Labute approximate surface area is 76.8 Å². The number of benzene rings is 2. The van der Waals surface area contributed by atoms with Crippen LogP contribution in [0.2, 0.25) is 5.02 Å². The second-order valence-corrected chi connectivity index (χ2v) is 3.23. The maximum atomic E-state index is 6.01. The number of rotatable bonds is 0.